The van der Waals surface area contributed by atoms with Gasteiger partial charge in [0.05, 0.1) is 5.54 Å². The third-order valence-corrected chi connectivity index (χ3v) is 2.01. The summed E-state index contributed by atoms with van der Waals surface area (Å²) in [5.41, 5.74) is 1.63. The van der Waals surface area contributed by atoms with Gasteiger partial charge in [0.1, 0.15) is 0 Å². The normalized spacial score (nSPS) is 10.8. The Hall–Kier alpha value is -1.56. The molecule has 3 nitrogen and oxygen atoms in total. The molecule has 0 atom stereocenters. The quantitative estimate of drug-likeness (QED) is 0.722. The molecule has 0 fully saturated rings. The predicted octanol–water partition coefficient (Wildman–Crippen LogP) is 1.92. The van der Waals surface area contributed by atoms with E-state index < -0.39 is 5.54 Å². The predicted molar refractivity (Wildman–Crippen MR) is 58.0 cm³/mol. The van der Waals surface area contributed by atoms with Crippen molar-refractivity contribution in [1.29, 1.82) is 0 Å². The number of nitrogens with one attached hydrogen (secondary N) is 1. The largest absolute Gasteiger partial charge is 0.338 e. The molecule has 0 saturated carbocycles. The molecule has 14 heavy (non-hydrogen) atoms. The number of hydrogen-bond acceptors (Lipinski definition) is 3. The maximum absolute atomic E-state index is 5.35. The van der Waals surface area contributed by atoms with E-state index in [2.05, 4.69) is 21.2 Å². The number of terminal acetylenes is 1. The summed E-state index contributed by atoms with van der Waals surface area (Å²) in [5, 5.41) is 3.08. The van der Waals surface area contributed by atoms with Crippen LogP contribution in [0.1, 0.15) is 25.1 Å². The SMILES string of the molecule is C#CC(C)(C)Nc1ncc(C)c(C)n1. The second-order valence-corrected chi connectivity index (χ2v) is 3.86. The van der Waals surface area contributed by atoms with Crippen LogP contribution in [0.3, 0.4) is 0 Å². The zero-order chi connectivity index (χ0) is 10.8. The lowest BCUT2D eigenvalue weighted by Gasteiger charge is -2.19. The number of rotatable bonds is 2. The van der Waals surface area contributed by atoms with Crippen LogP contribution in [0, 0.1) is 26.2 Å². The van der Waals surface area contributed by atoms with E-state index in [1.54, 1.807) is 6.20 Å². The highest BCUT2D eigenvalue weighted by Gasteiger charge is 2.14. The third-order valence-electron chi connectivity index (χ3n) is 2.01. The summed E-state index contributed by atoms with van der Waals surface area (Å²) in [5.74, 6) is 3.21. The van der Waals surface area contributed by atoms with Crippen molar-refractivity contribution in [2.24, 2.45) is 0 Å². The van der Waals surface area contributed by atoms with Gasteiger partial charge in [0.2, 0.25) is 5.95 Å². The summed E-state index contributed by atoms with van der Waals surface area (Å²) in [6.07, 6.45) is 7.14. The fourth-order valence-corrected chi connectivity index (χ4v) is 0.903. The molecule has 1 aromatic rings. The van der Waals surface area contributed by atoms with E-state index in [1.165, 1.54) is 0 Å². The number of aromatic nitrogens is 2. The van der Waals surface area contributed by atoms with Gasteiger partial charge in [-0.05, 0) is 33.3 Å². The molecule has 1 rings (SSSR count). The van der Waals surface area contributed by atoms with Crippen LogP contribution in [0.4, 0.5) is 5.95 Å². The van der Waals surface area contributed by atoms with Gasteiger partial charge >= 0.3 is 0 Å². The monoisotopic (exact) mass is 189 g/mol. The molecule has 0 spiro atoms. The molecule has 1 aromatic heterocycles. The first kappa shape index (κ1) is 10.5. The topological polar surface area (TPSA) is 37.8 Å². The van der Waals surface area contributed by atoms with Gasteiger partial charge in [-0.2, -0.15) is 0 Å². The summed E-state index contributed by atoms with van der Waals surface area (Å²) in [6.45, 7) is 7.74. The molecule has 1 N–H and O–H groups in total. The van der Waals surface area contributed by atoms with Gasteiger partial charge in [0, 0.05) is 11.9 Å². The van der Waals surface area contributed by atoms with Gasteiger partial charge in [-0.1, -0.05) is 5.92 Å². The van der Waals surface area contributed by atoms with E-state index in [1.807, 2.05) is 27.7 Å². The zero-order valence-electron chi connectivity index (χ0n) is 9.05. The van der Waals surface area contributed by atoms with Crippen LogP contribution < -0.4 is 5.32 Å². The van der Waals surface area contributed by atoms with E-state index in [0.29, 0.717) is 5.95 Å². The molecule has 0 aliphatic heterocycles. The second kappa shape index (κ2) is 3.67. The van der Waals surface area contributed by atoms with Gasteiger partial charge in [-0.15, -0.1) is 6.42 Å². The first-order chi connectivity index (χ1) is 6.44. The maximum atomic E-state index is 5.35. The molecule has 0 aliphatic carbocycles. The number of hydrogen-bond donors (Lipinski definition) is 1. The van der Waals surface area contributed by atoms with Crippen LogP contribution in [-0.2, 0) is 0 Å². The fraction of sp³-hybridized carbons (Fsp3) is 0.455. The minimum atomic E-state index is -0.415. The summed E-state index contributed by atoms with van der Waals surface area (Å²) in [4.78, 5) is 8.44. The highest BCUT2D eigenvalue weighted by molar-refractivity contribution is 5.35. The van der Waals surface area contributed by atoms with E-state index in [-0.39, 0.29) is 0 Å². The molecule has 3 heteroatoms. The lowest BCUT2D eigenvalue weighted by molar-refractivity contribution is 0.727. The summed E-state index contributed by atoms with van der Waals surface area (Å²) in [7, 11) is 0. The van der Waals surface area contributed by atoms with E-state index in [4.69, 9.17) is 6.42 Å². The molecular formula is C11H15N3. The minimum Gasteiger partial charge on any atom is -0.338 e. The molecule has 0 amide bonds. The van der Waals surface area contributed by atoms with Gasteiger partial charge < -0.3 is 5.32 Å². The first-order valence-corrected chi connectivity index (χ1v) is 4.51. The Morgan fingerprint density at radius 1 is 1.43 bits per heavy atom. The Balaban J connectivity index is 2.90. The summed E-state index contributed by atoms with van der Waals surface area (Å²) >= 11 is 0. The Morgan fingerprint density at radius 2 is 2.07 bits per heavy atom. The van der Waals surface area contributed by atoms with E-state index >= 15 is 0 Å². The van der Waals surface area contributed by atoms with Crippen molar-refractivity contribution in [2.45, 2.75) is 33.2 Å². The average molecular weight is 189 g/mol. The zero-order valence-corrected chi connectivity index (χ0v) is 9.05. The van der Waals surface area contributed by atoms with Crippen LogP contribution >= 0.6 is 0 Å². The minimum absolute atomic E-state index is 0.415. The Bertz CT molecular complexity index is 375. The van der Waals surface area contributed by atoms with Crippen molar-refractivity contribution in [3.8, 4) is 12.3 Å². The number of nitrogens with zero attached hydrogens (tertiary/aromatic N) is 2. The summed E-state index contributed by atoms with van der Waals surface area (Å²) in [6, 6.07) is 0. The smallest absolute Gasteiger partial charge is 0.224 e. The second-order valence-electron chi connectivity index (χ2n) is 3.86. The van der Waals surface area contributed by atoms with Crippen molar-refractivity contribution in [3.63, 3.8) is 0 Å². The van der Waals surface area contributed by atoms with Crippen LogP contribution in [0.25, 0.3) is 0 Å². The molecular weight excluding hydrogens is 174 g/mol. The molecule has 1 heterocycles. The number of aryl methyl sites for hydroxylation is 2. The lowest BCUT2D eigenvalue weighted by Crippen LogP contribution is -2.29. The van der Waals surface area contributed by atoms with Gasteiger partial charge in [-0.3, -0.25) is 0 Å². The molecule has 0 unspecified atom stereocenters. The van der Waals surface area contributed by atoms with Crippen molar-refractivity contribution in [2.75, 3.05) is 5.32 Å². The van der Waals surface area contributed by atoms with E-state index in [9.17, 15) is 0 Å². The highest BCUT2D eigenvalue weighted by Crippen LogP contribution is 2.11. The molecule has 0 bridgehead atoms. The van der Waals surface area contributed by atoms with Crippen LogP contribution in [0.15, 0.2) is 6.20 Å². The molecule has 0 radical (unpaired) electrons. The van der Waals surface area contributed by atoms with Crippen LogP contribution in [0.2, 0.25) is 0 Å². The van der Waals surface area contributed by atoms with Gasteiger partial charge in [0.15, 0.2) is 0 Å². The van der Waals surface area contributed by atoms with Crippen LogP contribution in [0.5, 0.6) is 0 Å². The highest BCUT2D eigenvalue weighted by atomic mass is 15.1. The number of anilines is 1. The van der Waals surface area contributed by atoms with Gasteiger partial charge in [0.25, 0.3) is 0 Å². The first-order valence-electron chi connectivity index (χ1n) is 4.51. The third kappa shape index (κ3) is 2.46. The van der Waals surface area contributed by atoms with Crippen molar-refractivity contribution in [1.82, 2.24) is 9.97 Å². The van der Waals surface area contributed by atoms with Crippen molar-refractivity contribution < 1.29 is 0 Å². The molecule has 74 valence electrons. The molecule has 0 aliphatic rings. The summed E-state index contributed by atoms with van der Waals surface area (Å²) < 4.78 is 0. The Labute approximate surface area is 85.0 Å². The maximum Gasteiger partial charge on any atom is 0.224 e. The van der Waals surface area contributed by atoms with E-state index in [0.717, 1.165) is 11.3 Å². The lowest BCUT2D eigenvalue weighted by atomic mass is 10.1. The van der Waals surface area contributed by atoms with Gasteiger partial charge in [-0.25, -0.2) is 9.97 Å². The van der Waals surface area contributed by atoms with Crippen LogP contribution in [-0.4, -0.2) is 15.5 Å². The molecule has 0 aromatic carbocycles. The molecule has 0 saturated heterocycles. The van der Waals surface area contributed by atoms with Crippen molar-refractivity contribution in [3.05, 3.63) is 17.5 Å². The fourth-order valence-electron chi connectivity index (χ4n) is 0.903. The van der Waals surface area contributed by atoms with Crippen molar-refractivity contribution >= 4 is 5.95 Å². The Kier molecular flexibility index (Phi) is 2.76. The standard InChI is InChI=1S/C11H15N3/c1-6-11(4,5)14-10-12-7-8(2)9(3)13-10/h1,7H,2-5H3,(H,12,13,14). The average Bonchev–Trinajstić information content (AvgIpc) is 2.11. The Morgan fingerprint density at radius 3 is 2.57 bits per heavy atom.